The number of carbonyl (C=O) groups excluding carboxylic acids is 1. The van der Waals surface area contributed by atoms with Gasteiger partial charge in [0, 0.05) is 12.6 Å². The molecular formula is C27H25N3O4S. The Balaban J connectivity index is 1.36. The van der Waals surface area contributed by atoms with E-state index in [0.717, 1.165) is 20.6 Å². The average molecular weight is 488 g/mol. The van der Waals surface area contributed by atoms with Crippen LogP contribution in [0.5, 0.6) is 5.75 Å². The number of ether oxygens (including phenoxy) is 1. The van der Waals surface area contributed by atoms with Crippen LogP contribution in [-0.2, 0) is 21.4 Å². The summed E-state index contributed by atoms with van der Waals surface area (Å²) in [6, 6.07) is 29.5. The Labute approximate surface area is 204 Å². The molecular weight excluding hydrogens is 462 g/mol. The van der Waals surface area contributed by atoms with Gasteiger partial charge in [-0.05, 0) is 40.6 Å². The van der Waals surface area contributed by atoms with E-state index in [0.29, 0.717) is 17.9 Å². The van der Waals surface area contributed by atoms with Crippen molar-refractivity contribution in [2.75, 3.05) is 13.6 Å². The molecule has 4 aromatic carbocycles. The van der Waals surface area contributed by atoms with Crippen LogP contribution in [0.25, 0.3) is 10.8 Å². The molecule has 35 heavy (non-hydrogen) atoms. The second-order valence-corrected chi connectivity index (χ2v) is 9.92. The van der Waals surface area contributed by atoms with Crippen molar-refractivity contribution >= 4 is 32.9 Å². The summed E-state index contributed by atoms with van der Waals surface area (Å²) in [6.45, 7) is 0.0220. The van der Waals surface area contributed by atoms with Gasteiger partial charge in [0.25, 0.3) is 5.91 Å². The summed E-state index contributed by atoms with van der Waals surface area (Å²) < 4.78 is 32.7. The van der Waals surface area contributed by atoms with E-state index in [1.54, 1.807) is 12.1 Å². The molecule has 1 amide bonds. The van der Waals surface area contributed by atoms with E-state index >= 15 is 0 Å². The molecule has 0 saturated heterocycles. The molecule has 0 aromatic heterocycles. The molecule has 0 saturated carbocycles. The summed E-state index contributed by atoms with van der Waals surface area (Å²) >= 11 is 0. The van der Waals surface area contributed by atoms with Gasteiger partial charge in [0.05, 0.1) is 17.7 Å². The molecule has 0 fully saturated rings. The third-order valence-electron chi connectivity index (χ3n) is 5.34. The molecule has 7 nitrogen and oxygen atoms in total. The highest BCUT2D eigenvalue weighted by Crippen LogP contribution is 2.21. The fraction of sp³-hybridized carbons (Fsp3) is 0.111. The molecule has 0 heterocycles. The number of para-hydroxylation sites is 1. The quantitative estimate of drug-likeness (QED) is 0.283. The van der Waals surface area contributed by atoms with E-state index in [1.165, 1.54) is 19.3 Å². The van der Waals surface area contributed by atoms with E-state index < -0.39 is 15.9 Å². The van der Waals surface area contributed by atoms with E-state index in [1.807, 2.05) is 78.9 Å². The van der Waals surface area contributed by atoms with E-state index in [2.05, 4.69) is 10.5 Å². The molecule has 4 aromatic rings. The topological polar surface area (TPSA) is 88.1 Å². The van der Waals surface area contributed by atoms with E-state index in [4.69, 9.17) is 4.74 Å². The SMILES string of the molecule is CN(CC(=O)N/N=C/c1ccccc1OCc1ccccc1)S(=O)(=O)c1ccc2ccccc2c1. The summed E-state index contributed by atoms with van der Waals surface area (Å²) in [6.07, 6.45) is 1.47. The van der Waals surface area contributed by atoms with Gasteiger partial charge in [-0.2, -0.15) is 9.41 Å². The Kier molecular flexibility index (Phi) is 7.54. The van der Waals surface area contributed by atoms with Crippen LogP contribution in [0.4, 0.5) is 0 Å². The highest BCUT2D eigenvalue weighted by atomic mass is 32.2. The van der Waals surface area contributed by atoms with Gasteiger partial charge in [-0.15, -0.1) is 0 Å². The average Bonchev–Trinajstić information content (AvgIpc) is 2.88. The maximum atomic E-state index is 12.9. The molecule has 1 N–H and O–H groups in total. The smallest absolute Gasteiger partial charge is 0.255 e. The van der Waals surface area contributed by atoms with E-state index in [9.17, 15) is 13.2 Å². The zero-order valence-electron chi connectivity index (χ0n) is 19.2. The number of hydrogen-bond donors (Lipinski definition) is 1. The standard InChI is InChI=1S/C27H25N3O4S/c1-30(35(32,33)25-16-15-22-11-5-6-12-23(22)17-25)19-27(31)29-28-18-24-13-7-8-14-26(24)34-20-21-9-3-2-4-10-21/h2-18H,19-20H2,1H3,(H,29,31)/b28-18+. The minimum atomic E-state index is -3.84. The third-order valence-corrected chi connectivity index (χ3v) is 7.14. The van der Waals surface area contributed by atoms with Gasteiger partial charge in [0.1, 0.15) is 12.4 Å². The molecule has 4 rings (SSSR count). The second kappa shape index (κ2) is 10.9. The number of hydrogen-bond acceptors (Lipinski definition) is 5. The van der Waals surface area contributed by atoms with Crippen LogP contribution < -0.4 is 10.2 Å². The van der Waals surface area contributed by atoms with Gasteiger partial charge in [0.2, 0.25) is 10.0 Å². The van der Waals surface area contributed by atoms with Crippen LogP contribution in [0.15, 0.2) is 107 Å². The van der Waals surface area contributed by atoms with Gasteiger partial charge >= 0.3 is 0 Å². The molecule has 0 unspecified atom stereocenters. The Hall–Kier alpha value is -4.01. The Morgan fingerprint density at radius 1 is 0.914 bits per heavy atom. The monoisotopic (exact) mass is 487 g/mol. The molecule has 0 radical (unpaired) electrons. The highest BCUT2D eigenvalue weighted by molar-refractivity contribution is 7.89. The fourth-order valence-corrected chi connectivity index (χ4v) is 4.62. The Morgan fingerprint density at radius 3 is 2.40 bits per heavy atom. The Bertz CT molecular complexity index is 1450. The largest absolute Gasteiger partial charge is 0.488 e. The number of rotatable bonds is 9. The number of benzene rings is 4. The summed E-state index contributed by atoms with van der Waals surface area (Å²) in [5.74, 6) is 0.0566. The van der Waals surface area contributed by atoms with E-state index in [-0.39, 0.29) is 11.4 Å². The predicted molar refractivity (Wildman–Crippen MR) is 137 cm³/mol. The van der Waals surface area contributed by atoms with Crippen molar-refractivity contribution in [1.82, 2.24) is 9.73 Å². The summed E-state index contributed by atoms with van der Waals surface area (Å²) in [5.41, 5.74) is 4.10. The first-order chi connectivity index (χ1) is 16.9. The van der Waals surface area contributed by atoms with Crippen LogP contribution in [0, 0.1) is 0 Å². The van der Waals surface area contributed by atoms with Crippen LogP contribution in [-0.4, -0.2) is 38.4 Å². The second-order valence-electron chi connectivity index (χ2n) is 7.88. The normalized spacial score (nSPS) is 11.7. The van der Waals surface area contributed by atoms with Crippen molar-refractivity contribution in [3.8, 4) is 5.75 Å². The van der Waals surface area contributed by atoms with Gasteiger partial charge < -0.3 is 4.74 Å². The van der Waals surface area contributed by atoms with Crippen molar-refractivity contribution in [1.29, 1.82) is 0 Å². The Morgan fingerprint density at radius 2 is 1.60 bits per heavy atom. The van der Waals surface area contributed by atoms with Gasteiger partial charge in [-0.3, -0.25) is 4.79 Å². The number of sulfonamides is 1. The first-order valence-electron chi connectivity index (χ1n) is 11.0. The van der Waals surface area contributed by atoms with Crippen molar-refractivity contribution in [3.63, 3.8) is 0 Å². The minimum Gasteiger partial charge on any atom is -0.488 e. The lowest BCUT2D eigenvalue weighted by Gasteiger charge is -2.16. The lowest BCUT2D eigenvalue weighted by atomic mass is 10.1. The van der Waals surface area contributed by atoms with Crippen LogP contribution in [0.2, 0.25) is 0 Å². The number of fused-ring (bicyclic) bond motifs is 1. The van der Waals surface area contributed by atoms with Crippen molar-refractivity contribution in [2.24, 2.45) is 5.10 Å². The zero-order valence-corrected chi connectivity index (χ0v) is 20.0. The molecule has 8 heteroatoms. The van der Waals surface area contributed by atoms with Gasteiger partial charge in [0.15, 0.2) is 0 Å². The summed E-state index contributed by atoms with van der Waals surface area (Å²) in [7, 11) is -2.48. The van der Waals surface area contributed by atoms with Crippen LogP contribution in [0.3, 0.4) is 0 Å². The van der Waals surface area contributed by atoms with Crippen LogP contribution in [0.1, 0.15) is 11.1 Å². The van der Waals surface area contributed by atoms with Crippen molar-refractivity contribution in [3.05, 3.63) is 108 Å². The number of amides is 1. The first kappa shape index (κ1) is 24.1. The number of nitrogens with zero attached hydrogens (tertiary/aromatic N) is 2. The maximum Gasteiger partial charge on any atom is 0.255 e. The minimum absolute atomic E-state index is 0.125. The number of carbonyl (C=O) groups is 1. The molecule has 0 atom stereocenters. The molecule has 0 aliphatic carbocycles. The van der Waals surface area contributed by atoms with Gasteiger partial charge in [-0.25, -0.2) is 13.8 Å². The van der Waals surface area contributed by atoms with Gasteiger partial charge in [-0.1, -0.05) is 72.8 Å². The molecule has 0 bridgehead atoms. The fourth-order valence-electron chi connectivity index (χ4n) is 3.46. The summed E-state index contributed by atoms with van der Waals surface area (Å²) in [5, 5.41) is 5.73. The molecule has 0 spiro atoms. The predicted octanol–water partition coefficient (Wildman–Crippen LogP) is 4.19. The van der Waals surface area contributed by atoms with Crippen LogP contribution >= 0.6 is 0 Å². The maximum absolute atomic E-state index is 12.9. The zero-order chi connectivity index (χ0) is 24.7. The molecule has 0 aliphatic rings. The number of hydrazone groups is 1. The lowest BCUT2D eigenvalue weighted by Crippen LogP contribution is -2.36. The van der Waals surface area contributed by atoms with Crippen molar-refractivity contribution < 1.29 is 17.9 Å². The first-order valence-corrected chi connectivity index (χ1v) is 12.4. The van der Waals surface area contributed by atoms with Crippen molar-refractivity contribution in [2.45, 2.75) is 11.5 Å². The highest BCUT2D eigenvalue weighted by Gasteiger charge is 2.23. The summed E-state index contributed by atoms with van der Waals surface area (Å²) in [4.78, 5) is 12.5. The lowest BCUT2D eigenvalue weighted by molar-refractivity contribution is -0.121. The molecule has 0 aliphatic heterocycles. The number of nitrogens with one attached hydrogen (secondary N) is 1. The third kappa shape index (κ3) is 6.11. The molecule has 178 valence electrons. The number of likely N-dealkylation sites (N-methyl/N-ethyl adjacent to an activating group) is 1.